The minimum atomic E-state index is -0.320. The molecule has 0 bridgehead atoms. The quantitative estimate of drug-likeness (QED) is 0.620. The fourth-order valence-electron chi connectivity index (χ4n) is 4.20. The standard InChI is InChI=1S/C23H22F2N2O/c24-17-8-10-18(11-9-17)27-22(28)14-15-4-6-16(7-5-15)19-12-13-26-23-20(19)2-1-3-21(23)25/h1-3,8-13,15-16H,4-7,14H2,(H,27,28)/t15-,16+. The number of aromatic nitrogens is 1. The van der Waals surface area contributed by atoms with Gasteiger partial charge in [0.05, 0.1) is 0 Å². The molecular weight excluding hydrogens is 358 g/mol. The number of halogens is 2. The molecule has 28 heavy (non-hydrogen) atoms. The number of rotatable bonds is 4. The van der Waals surface area contributed by atoms with E-state index in [0.29, 0.717) is 29.5 Å². The van der Waals surface area contributed by atoms with Crippen molar-refractivity contribution >= 4 is 22.5 Å². The zero-order chi connectivity index (χ0) is 19.5. The van der Waals surface area contributed by atoms with Gasteiger partial charge in [0.15, 0.2) is 0 Å². The second-order valence-corrected chi connectivity index (χ2v) is 7.51. The molecule has 0 atom stereocenters. The van der Waals surface area contributed by atoms with Gasteiger partial charge in [-0.3, -0.25) is 9.78 Å². The maximum atomic E-state index is 14.0. The van der Waals surface area contributed by atoms with E-state index in [-0.39, 0.29) is 17.5 Å². The second kappa shape index (κ2) is 8.05. The minimum absolute atomic E-state index is 0.0357. The molecule has 4 rings (SSSR count). The number of hydrogen-bond acceptors (Lipinski definition) is 2. The first-order valence-corrected chi connectivity index (χ1v) is 9.68. The Bertz CT molecular complexity index is 980. The fourth-order valence-corrected chi connectivity index (χ4v) is 4.20. The number of anilines is 1. The number of nitrogens with one attached hydrogen (secondary N) is 1. The summed E-state index contributed by atoms with van der Waals surface area (Å²) >= 11 is 0. The van der Waals surface area contributed by atoms with Gasteiger partial charge in [-0.25, -0.2) is 8.78 Å². The van der Waals surface area contributed by atoms with Gasteiger partial charge in [-0.05, 0) is 79.5 Å². The summed E-state index contributed by atoms with van der Waals surface area (Å²) in [4.78, 5) is 16.5. The Morgan fingerprint density at radius 3 is 2.50 bits per heavy atom. The predicted octanol–water partition coefficient (Wildman–Crippen LogP) is 5.82. The lowest BCUT2D eigenvalue weighted by Crippen LogP contribution is -2.20. The number of pyridine rings is 1. The molecule has 1 aliphatic carbocycles. The van der Waals surface area contributed by atoms with Crippen molar-refractivity contribution in [3.05, 3.63) is 71.9 Å². The average Bonchev–Trinajstić information content (AvgIpc) is 2.70. The Morgan fingerprint density at radius 2 is 1.75 bits per heavy atom. The van der Waals surface area contributed by atoms with Crippen LogP contribution in [0.5, 0.6) is 0 Å². The van der Waals surface area contributed by atoms with Crippen molar-refractivity contribution in [1.29, 1.82) is 0 Å². The van der Waals surface area contributed by atoms with Gasteiger partial charge in [-0.2, -0.15) is 0 Å². The van der Waals surface area contributed by atoms with E-state index in [1.165, 1.54) is 18.2 Å². The van der Waals surface area contributed by atoms with E-state index in [2.05, 4.69) is 10.3 Å². The molecule has 144 valence electrons. The van der Waals surface area contributed by atoms with Crippen molar-refractivity contribution in [2.24, 2.45) is 5.92 Å². The Kier molecular flexibility index (Phi) is 5.33. The molecule has 0 spiro atoms. The summed E-state index contributed by atoms with van der Waals surface area (Å²) in [6.45, 7) is 0. The summed E-state index contributed by atoms with van der Waals surface area (Å²) in [5, 5.41) is 3.72. The molecule has 0 unspecified atom stereocenters. The van der Waals surface area contributed by atoms with Gasteiger partial charge in [-0.15, -0.1) is 0 Å². The van der Waals surface area contributed by atoms with E-state index in [1.54, 1.807) is 24.4 Å². The largest absolute Gasteiger partial charge is 0.326 e. The van der Waals surface area contributed by atoms with Crippen LogP contribution in [0.15, 0.2) is 54.7 Å². The normalized spacial score (nSPS) is 19.5. The van der Waals surface area contributed by atoms with E-state index in [9.17, 15) is 13.6 Å². The molecule has 0 radical (unpaired) electrons. The lowest BCUT2D eigenvalue weighted by Gasteiger charge is -2.29. The second-order valence-electron chi connectivity index (χ2n) is 7.51. The van der Waals surface area contributed by atoms with Crippen LogP contribution in [-0.4, -0.2) is 10.9 Å². The highest BCUT2D eigenvalue weighted by Crippen LogP contribution is 2.39. The zero-order valence-electron chi connectivity index (χ0n) is 15.5. The van der Waals surface area contributed by atoms with Gasteiger partial charge in [0.2, 0.25) is 5.91 Å². The monoisotopic (exact) mass is 380 g/mol. The average molecular weight is 380 g/mol. The van der Waals surface area contributed by atoms with Crippen molar-refractivity contribution in [2.75, 3.05) is 5.32 Å². The molecule has 0 saturated heterocycles. The number of fused-ring (bicyclic) bond motifs is 1. The number of para-hydroxylation sites is 1. The fraction of sp³-hybridized carbons (Fsp3) is 0.304. The molecule has 0 aliphatic heterocycles. The van der Waals surface area contributed by atoms with E-state index < -0.39 is 0 Å². The van der Waals surface area contributed by atoms with E-state index in [4.69, 9.17) is 0 Å². The summed E-state index contributed by atoms with van der Waals surface area (Å²) in [5.74, 6) is 0.0575. The van der Waals surface area contributed by atoms with Crippen molar-refractivity contribution in [3.63, 3.8) is 0 Å². The number of benzene rings is 2. The first-order chi connectivity index (χ1) is 13.6. The molecule has 1 N–H and O–H groups in total. The number of amides is 1. The summed E-state index contributed by atoms with van der Waals surface area (Å²) in [7, 11) is 0. The summed E-state index contributed by atoms with van der Waals surface area (Å²) < 4.78 is 27.0. The van der Waals surface area contributed by atoms with Crippen LogP contribution >= 0.6 is 0 Å². The zero-order valence-corrected chi connectivity index (χ0v) is 15.5. The number of hydrogen-bond donors (Lipinski definition) is 1. The molecule has 3 nitrogen and oxygen atoms in total. The van der Waals surface area contributed by atoms with Gasteiger partial charge in [-0.1, -0.05) is 12.1 Å². The van der Waals surface area contributed by atoms with Crippen LogP contribution < -0.4 is 5.32 Å². The van der Waals surface area contributed by atoms with Gasteiger partial charge in [0.1, 0.15) is 17.2 Å². The maximum absolute atomic E-state index is 14.0. The number of carbonyl (C=O) groups excluding carboxylic acids is 1. The molecule has 1 amide bonds. The highest BCUT2D eigenvalue weighted by molar-refractivity contribution is 5.90. The van der Waals surface area contributed by atoms with Gasteiger partial charge < -0.3 is 5.32 Å². The SMILES string of the molecule is O=C(C[C@H]1CC[C@@H](c2ccnc3c(F)cccc32)CC1)Nc1ccc(F)cc1. The minimum Gasteiger partial charge on any atom is -0.326 e. The number of carbonyl (C=O) groups is 1. The Morgan fingerprint density at radius 1 is 1.00 bits per heavy atom. The third-order valence-corrected chi connectivity index (χ3v) is 5.64. The maximum Gasteiger partial charge on any atom is 0.224 e. The summed E-state index contributed by atoms with van der Waals surface area (Å²) in [6.07, 6.45) is 6.02. The molecule has 1 aromatic heterocycles. The third-order valence-electron chi connectivity index (χ3n) is 5.64. The Hall–Kier alpha value is -2.82. The summed E-state index contributed by atoms with van der Waals surface area (Å²) in [6, 6.07) is 12.9. The third kappa shape index (κ3) is 4.03. The first-order valence-electron chi connectivity index (χ1n) is 9.68. The first kappa shape index (κ1) is 18.5. The molecule has 1 saturated carbocycles. The van der Waals surface area contributed by atoms with Crippen molar-refractivity contribution in [3.8, 4) is 0 Å². The van der Waals surface area contributed by atoms with Crippen LogP contribution in [0.4, 0.5) is 14.5 Å². The van der Waals surface area contributed by atoms with E-state index >= 15 is 0 Å². The van der Waals surface area contributed by atoms with Crippen molar-refractivity contribution in [2.45, 2.75) is 38.0 Å². The molecule has 1 aliphatic rings. The van der Waals surface area contributed by atoms with Crippen LogP contribution in [-0.2, 0) is 4.79 Å². The van der Waals surface area contributed by atoms with Gasteiger partial charge in [0.25, 0.3) is 0 Å². The van der Waals surface area contributed by atoms with Crippen molar-refractivity contribution < 1.29 is 13.6 Å². The van der Waals surface area contributed by atoms with Crippen LogP contribution in [0.1, 0.15) is 43.6 Å². The topological polar surface area (TPSA) is 42.0 Å². The van der Waals surface area contributed by atoms with Crippen LogP contribution in [0, 0.1) is 17.6 Å². The smallest absolute Gasteiger partial charge is 0.224 e. The van der Waals surface area contributed by atoms with Crippen LogP contribution in [0.2, 0.25) is 0 Å². The van der Waals surface area contributed by atoms with Crippen LogP contribution in [0.25, 0.3) is 10.9 Å². The molecular formula is C23H22F2N2O. The predicted molar refractivity (Wildman–Crippen MR) is 106 cm³/mol. The van der Waals surface area contributed by atoms with Gasteiger partial charge >= 0.3 is 0 Å². The van der Waals surface area contributed by atoms with Crippen LogP contribution in [0.3, 0.4) is 0 Å². The van der Waals surface area contributed by atoms with E-state index in [0.717, 1.165) is 36.6 Å². The lowest BCUT2D eigenvalue weighted by atomic mass is 9.77. The molecule has 1 heterocycles. The van der Waals surface area contributed by atoms with Crippen molar-refractivity contribution in [1.82, 2.24) is 4.98 Å². The molecule has 3 aromatic rings. The Labute approximate surface area is 162 Å². The highest BCUT2D eigenvalue weighted by Gasteiger charge is 2.25. The summed E-state index contributed by atoms with van der Waals surface area (Å²) in [5.41, 5.74) is 2.20. The Balaban J connectivity index is 1.37. The van der Waals surface area contributed by atoms with E-state index in [1.807, 2.05) is 12.1 Å². The number of nitrogens with zero attached hydrogens (tertiary/aromatic N) is 1. The highest BCUT2D eigenvalue weighted by atomic mass is 19.1. The lowest BCUT2D eigenvalue weighted by molar-refractivity contribution is -0.117. The van der Waals surface area contributed by atoms with Gasteiger partial charge in [0, 0.05) is 23.7 Å². The molecule has 5 heteroatoms. The molecule has 2 aromatic carbocycles. The molecule has 1 fully saturated rings.